The van der Waals surface area contributed by atoms with Crippen LogP contribution in [-0.4, -0.2) is 49.6 Å². The van der Waals surface area contributed by atoms with Crippen LogP contribution < -0.4 is 9.80 Å². The average molecular weight is 378 g/mol. The van der Waals surface area contributed by atoms with Crippen LogP contribution in [0.1, 0.15) is 30.0 Å². The highest BCUT2D eigenvalue weighted by Crippen LogP contribution is 2.31. The Hall–Kier alpha value is -2.33. The minimum absolute atomic E-state index is 0.236. The Morgan fingerprint density at radius 3 is 2.46 bits per heavy atom. The highest BCUT2D eigenvalue weighted by molar-refractivity contribution is 5.96. The number of amides is 1. The number of carbonyl (C=O) groups excluding carboxylic acids is 1. The molecule has 0 aromatic heterocycles. The van der Waals surface area contributed by atoms with Crippen LogP contribution in [0.25, 0.3) is 0 Å². The quantitative estimate of drug-likeness (QED) is 0.814. The summed E-state index contributed by atoms with van der Waals surface area (Å²) in [7, 11) is 0. The second-order valence-corrected chi connectivity index (χ2v) is 8.26. The summed E-state index contributed by atoms with van der Waals surface area (Å²) in [6, 6.07) is 15.2. The lowest BCUT2D eigenvalue weighted by molar-refractivity contribution is -0.120. The van der Waals surface area contributed by atoms with E-state index in [1.165, 1.54) is 22.4 Å². The first kappa shape index (κ1) is 19.0. The molecule has 0 aliphatic carbocycles. The molecule has 0 saturated carbocycles. The standard InChI is InChI=1S/C24H31N3O/c1-18-7-6-10-22(20(18)3)26-15-13-25(14-16-26)17-24(28)27-19(2)11-12-21-8-4-5-9-23(21)27/h4-10,19H,11-17H2,1-3H3. The summed E-state index contributed by atoms with van der Waals surface area (Å²) in [5, 5.41) is 0. The van der Waals surface area contributed by atoms with Gasteiger partial charge in [-0.3, -0.25) is 9.69 Å². The third kappa shape index (κ3) is 3.66. The molecule has 1 amide bonds. The Morgan fingerprint density at radius 1 is 0.964 bits per heavy atom. The molecule has 1 unspecified atom stereocenters. The van der Waals surface area contributed by atoms with Crippen LogP contribution in [0.2, 0.25) is 0 Å². The molecule has 148 valence electrons. The Bertz CT molecular complexity index is 855. The molecule has 4 rings (SSSR count). The third-order valence-corrected chi connectivity index (χ3v) is 6.44. The number of aryl methyl sites for hydroxylation is 2. The lowest BCUT2D eigenvalue weighted by atomic mass is 9.96. The molecule has 1 saturated heterocycles. The molecule has 2 heterocycles. The van der Waals surface area contributed by atoms with Crippen molar-refractivity contribution in [1.29, 1.82) is 0 Å². The van der Waals surface area contributed by atoms with Crippen molar-refractivity contribution in [2.75, 3.05) is 42.5 Å². The van der Waals surface area contributed by atoms with Crippen LogP contribution in [0, 0.1) is 13.8 Å². The van der Waals surface area contributed by atoms with Crippen LogP contribution in [0.5, 0.6) is 0 Å². The highest BCUT2D eigenvalue weighted by Gasteiger charge is 2.29. The fourth-order valence-electron chi connectivity index (χ4n) is 4.56. The van der Waals surface area contributed by atoms with Gasteiger partial charge in [0, 0.05) is 43.6 Å². The molecule has 0 spiro atoms. The SMILES string of the molecule is Cc1cccc(N2CCN(CC(=O)N3c4ccccc4CCC3C)CC2)c1C. The van der Waals surface area contributed by atoms with Crippen molar-refractivity contribution in [3.63, 3.8) is 0 Å². The van der Waals surface area contributed by atoms with Gasteiger partial charge >= 0.3 is 0 Å². The Balaban J connectivity index is 1.40. The highest BCUT2D eigenvalue weighted by atomic mass is 16.2. The molecule has 0 bridgehead atoms. The first-order valence-electron chi connectivity index (χ1n) is 10.5. The van der Waals surface area contributed by atoms with Crippen molar-refractivity contribution < 1.29 is 4.79 Å². The Labute approximate surface area is 168 Å². The van der Waals surface area contributed by atoms with Crippen molar-refractivity contribution in [2.24, 2.45) is 0 Å². The summed E-state index contributed by atoms with van der Waals surface area (Å²) in [6.45, 7) is 10.9. The molecule has 2 aromatic carbocycles. The molecular formula is C24H31N3O. The van der Waals surface area contributed by atoms with Crippen molar-refractivity contribution in [2.45, 2.75) is 39.7 Å². The van der Waals surface area contributed by atoms with E-state index in [0.717, 1.165) is 44.7 Å². The van der Waals surface area contributed by atoms with Gasteiger partial charge in [-0.1, -0.05) is 30.3 Å². The fourth-order valence-corrected chi connectivity index (χ4v) is 4.56. The van der Waals surface area contributed by atoms with Gasteiger partial charge in [0.2, 0.25) is 5.91 Å². The zero-order valence-electron chi connectivity index (χ0n) is 17.3. The topological polar surface area (TPSA) is 26.8 Å². The number of fused-ring (bicyclic) bond motifs is 1. The molecule has 0 radical (unpaired) electrons. The summed E-state index contributed by atoms with van der Waals surface area (Å²) < 4.78 is 0. The summed E-state index contributed by atoms with van der Waals surface area (Å²) >= 11 is 0. The monoisotopic (exact) mass is 377 g/mol. The van der Waals surface area contributed by atoms with Gasteiger partial charge in [-0.2, -0.15) is 0 Å². The number of benzene rings is 2. The van der Waals surface area contributed by atoms with E-state index < -0.39 is 0 Å². The van der Waals surface area contributed by atoms with Crippen molar-refractivity contribution in [3.05, 3.63) is 59.2 Å². The van der Waals surface area contributed by atoms with Gasteiger partial charge in [-0.05, 0) is 62.4 Å². The predicted octanol–water partition coefficient (Wildman–Crippen LogP) is 3.79. The van der Waals surface area contributed by atoms with Gasteiger partial charge in [0.25, 0.3) is 0 Å². The van der Waals surface area contributed by atoms with Gasteiger partial charge < -0.3 is 9.80 Å². The van der Waals surface area contributed by atoms with Crippen molar-refractivity contribution in [1.82, 2.24) is 4.90 Å². The molecular weight excluding hydrogens is 346 g/mol. The maximum absolute atomic E-state index is 13.2. The largest absolute Gasteiger partial charge is 0.369 e. The molecule has 4 nitrogen and oxygen atoms in total. The zero-order valence-corrected chi connectivity index (χ0v) is 17.3. The Kier molecular flexibility index (Phi) is 5.40. The van der Waals surface area contributed by atoms with Gasteiger partial charge in [0.15, 0.2) is 0 Å². The van der Waals surface area contributed by atoms with E-state index in [4.69, 9.17) is 0 Å². The van der Waals surface area contributed by atoms with E-state index in [9.17, 15) is 4.79 Å². The van der Waals surface area contributed by atoms with Crippen LogP contribution in [0.4, 0.5) is 11.4 Å². The van der Waals surface area contributed by atoms with Crippen LogP contribution in [-0.2, 0) is 11.2 Å². The smallest absolute Gasteiger partial charge is 0.241 e. The van der Waals surface area contributed by atoms with E-state index in [2.05, 4.69) is 67.0 Å². The summed E-state index contributed by atoms with van der Waals surface area (Å²) in [6.07, 6.45) is 2.11. The van der Waals surface area contributed by atoms with Crippen LogP contribution >= 0.6 is 0 Å². The van der Waals surface area contributed by atoms with Crippen LogP contribution in [0.3, 0.4) is 0 Å². The number of carbonyl (C=O) groups is 1. The molecule has 28 heavy (non-hydrogen) atoms. The predicted molar refractivity (Wildman–Crippen MR) is 116 cm³/mol. The van der Waals surface area contributed by atoms with Gasteiger partial charge in [0.05, 0.1) is 6.54 Å². The molecule has 2 aliphatic heterocycles. The second-order valence-electron chi connectivity index (χ2n) is 8.26. The summed E-state index contributed by atoms with van der Waals surface area (Å²) in [5.74, 6) is 0.236. The molecule has 1 fully saturated rings. The minimum atomic E-state index is 0.236. The van der Waals surface area contributed by atoms with Gasteiger partial charge in [-0.25, -0.2) is 0 Å². The number of hydrogen-bond acceptors (Lipinski definition) is 3. The van der Waals surface area contributed by atoms with Gasteiger partial charge in [-0.15, -0.1) is 0 Å². The number of nitrogens with zero attached hydrogens (tertiary/aromatic N) is 3. The lowest BCUT2D eigenvalue weighted by Gasteiger charge is -2.39. The average Bonchev–Trinajstić information content (AvgIpc) is 2.70. The van der Waals surface area contributed by atoms with Crippen molar-refractivity contribution >= 4 is 17.3 Å². The van der Waals surface area contributed by atoms with E-state index in [0.29, 0.717) is 6.54 Å². The third-order valence-electron chi connectivity index (χ3n) is 6.44. The van der Waals surface area contributed by atoms with E-state index in [-0.39, 0.29) is 11.9 Å². The first-order chi connectivity index (χ1) is 13.5. The number of anilines is 2. The van der Waals surface area contributed by atoms with Gasteiger partial charge in [0.1, 0.15) is 0 Å². The normalized spacial score (nSPS) is 20.2. The zero-order chi connectivity index (χ0) is 19.7. The number of piperazine rings is 1. The molecule has 2 aromatic rings. The van der Waals surface area contributed by atoms with E-state index >= 15 is 0 Å². The minimum Gasteiger partial charge on any atom is -0.369 e. The number of hydrogen-bond donors (Lipinski definition) is 0. The maximum Gasteiger partial charge on any atom is 0.241 e. The summed E-state index contributed by atoms with van der Waals surface area (Å²) in [4.78, 5) is 20.0. The van der Waals surface area contributed by atoms with E-state index in [1.54, 1.807) is 0 Å². The molecule has 1 atom stereocenters. The first-order valence-corrected chi connectivity index (χ1v) is 10.5. The number of rotatable bonds is 3. The van der Waals surface area contributed by atoms with Crippen LogP contribution in [0.15, 0.2) is 42.5 Å². The second kappa shape index (κ2) is 7.96. The number of para-hydroxylation sites is 1. The molecule has 2 aliphatic rings. The van der Waals surface area contributed by atoms with E-state index in [1.807, 2.05) is 11.0 Å². The van der Waals surface area contributed by atoms with Crippen molar-refractivity contribution in [3.8, 4) is 0 Å². The fraction of sp³-hybridized carbons (Fsp3) is 0.458. The Morgan fingerprint density at radius 2 is 1.68 bits per heavy atom. The summed E-state index contributed by atoms with van der Waals surface area (Å²) in [5.41, 5.74) is 6.46. The molecule has 0 N–H and O–H groups in total. The molecule has 4 heteroatoms. The lowest BCUT2D eigenvalue weighted by Crippen LogP contribution is -2.52. The maximum atomic E-state index is 13.2.